The molecular formula is C13H17NO2. The zero-order valence-electron chi connectivity index (χ0n) is 10.1. The Kier molecular flexibility index (Phi) is 3.25. The molecule has 1 rings (SSSR count). The van der Waals surface area contributed by atoms with Crippen LogP contribution in [-0.2, 0) is 0 Å². The summed E-state index contributed by atoms with van der Waals surface area (Å²) in [5, 5.41) is 18.9. The molecular weight excluding hydrogens is 202 g/mol. The standard InChI is InChI=1S/C13H17NO2/c1-12(2,15)13(3,4)16-11-8-6-5-7-10(11)9-14/h5-8,15H,1-4H3. The van der Waals surface area contributed by atoms with E-state index >= 15 is 0 Å². The molecule has 3 nitrogen and oxygen atoms in total. The fourth-order valence-corrected chi connectivity index (χ4v) is 1.05. The first kappa shape index (κ1) is 12.5. The monoisotopic (exact) mass is 219 g/mol. The number of aliphatic hydroxyl groups is 1. The first-order valence-electron chi connectivity index (χ1n) is 5.18. The Morgan fingerprint density at radius 2 is 1.75 bits per heavy atom. The van der Waals surface area contributed by atoms with E-state index in [1.54, 1.807) is 52.0 Å². The van der Waals surface area contributed by atoms with Crippen molar-refractivity contribution in [1.82, 2.24) is 0 Å². The van der Waals surface area contributed by atoms with Gasteiger partial charge in [0.05, 0.1) is 11.2 Å². The van der Waals surface area contributed by atoms with Crippen LogP contribution in [0.1, 0.15) is 33.3 Å². The molecule has 0 unspecified atom stereocenters. The molecule has 0 heterocycles. The Balaban J connectivity index is 3.02. The zero-order valence-corrected chi connectivity index (χ0v) is 10.1. The summed E-state index contributed by atoms with van der Waals surface area (Å²) in [5.41, 5.74) is -1.28. The lowest BCUT2D eigenvalue weighted by Gasteiger charge is -2.37. The van der Waals surface area contributed by atoms with Gasteiger partial charge < -0.3 is 9.84 Å². The van der Waals surface area contributed by atoms with Crippen molar-refractivity contribution in [2.45, 2.75) is 38.9 Å². The largest absolute Gasteiger partial charge is 0.483 e. The molecule has 0 amide bonds. The van der Waals surface area contributed by atoms with Crippen molar-refractivity contribution >= 4 is 0 Å². The second-order valence-electron chi connectivity index (χ2n) is 4.78. The highest BCUT2D eigenvalue weighted by atomic mass is 16.5. The lowest BCUT2D eigenvalue weighted by molar-refractivity contribution is -0.0907. The predicted molar refractivity (Wildman–Crippen MR) is 62.2 cm³/mol. The van der Waals surface area contributed by atoms with Crippen molar-refractivity contribution in [2.75, 3.05) is 0 Å². The van der Waals surface area contributed by atoms with Gasteiger partial charge in [0.2, 0.25) is 0 Å². The number of rotatable bonds is 3. The molecule has 0 spiro atoms. The van der Waals surface area contributed by atoms with Gasteiger partial charge in [-0.15, -0.1) is 0 Å². The normalized spacial score (nSPS) is 12.0. The van der Waals surface area contributed by atoms with Crippen molar-refractivity contribution in [3.8, 4) is 11.8 Å². The van der Waals surface area contributed by atoms with Gasteiger partial charge >= 0.3 is 0 Å². The number of hydrogen-bond acceptors (Lipinski definition) is 3. The summed E-state index contributed by atoms with van der Waals surface area (Å²) in [4.78, 5) is 0. The minimum Gasteiger partial charge on any atom is -0.483 e. The quantitative estimate of drug-likeness (QED) is 0.849. The number of nitriles is 1. The molecule has 1 aromatic carbocycles. The van der Waals surface area contributed by atoms with Crippen molar-refractivity contribution < 1.29 is 9.84 Å². The molecule has 0 saturated carbocycles. The second kappa shape index (κ2) is 4.15. The number of hydrogen-bond donors (Lipinski definition) is 1. The zero-order chi connectivity index (χ0) is 12.4. The Bertz CT molecular complexity index is 411. The van der Waals surface area contributed by atoms with Gasteiger partial charge in [-0.1, -0.05) is 12.1 Å². The predicted octanol–water partition coefficient (Wildman–Crippen LogP) is 2.49. The van der Waals surface area contributed by atoms with Crippen molar-refractivity contribution in [1.29, 1.82) is 5.26 Å². The summed E-state index contributed by atoms with van der Waals surface area (Å²) in [6, 6.07) is 9.06. The maximum Gasteiger partial charge on any atom is 0.138 e. The molecule has 0 bridgehead atoms. The highest BCUT2D eigenvalue weighted by Crippen LogP contribution is 2.29. The maximum atomic E-state index is 9.96. The lowest BCUT2D eigenvalue weighted by Crippen LogP contribution is -2.49. The molecule has 0 saturated heterocycles. The Morgan fingerprint density at radius 1 is 1.19 bits per heavy atom. The molecule has 0 aromatic heterocycles. The van der Waals surface area contributed by atoms with E-state index in [2.05, 4.69) is 6.07 Å². The van der Waals surface area contributed by atoms with Crippen LogP contribution in [0.4, 0.5) is 0 Å². The van der Waals surface area contributed by atoms with Gasteiger partial charge in [-0.05, 0) is 39.8 Å². The van der Waals surface area contributed by atoms with Crippen LogP contribution in [0.5, 0.6) is 5.75 Å². The molecule has 86 valence electrons. The average molecular weight is 219 g/mol. The summed E-state index contributed by atoms with van der Waals surface area (Å²) >= 11 is 0. The first-order chi connectivity index (χ1) is 7.28. The molecule has 1 aromatic rings. The smallest absolute Gasteiger partial charge is 0.138 e. The summed E-state index contributed by atoms with van der Waals surface area (Å²) in [5.74, 6) is 0.497. The fraction of sp³-hybridized carbons (Fsp3) is 0.462. The Hall–Kier alpha value is -1.53. The highest BCUT2D eigenvalue weighted by molar-refractivity contribution is 5.42. The molecule has 0 aliphatic heterocycles. The molecule has 0 atom stereocenters. The number of ether oxygens (including phenoxy) is 1. The number of benzene rings is 1. The molecule has 0 fully saturated rings. The van der Waals surface area contributed by atoms with Gasteiger partial charge in [0, 0.05) is 0 Å². The van der Waals surface area contributed by atoms with Crippen LogP contribution in [0.3, 0.4) is 0 Å². The number of nitrogens with zero attached hydrogens (tertiary/aromatic N) is 1. The highest BCUT2D eigenvalue weighted by Gasteiger charge is 2.37. The summed E-state index contributed by atoms with van der Waals surface area (Å²) < 4.78 is 5.72. The molecule has 0 aliphatic carbocycles. The minimum absolute atomic E-state index is 0.472. The molecule has 1 N–H and O–H groups in total. The third kappa shape index (κ3) is 2.53. The van der Waals surface area contributed by atoms with Crippen LogP contribution in [0.25, 0.3) is 0 Å². The Morgan fingerprint density at radius 3 is 2.25 bits per heavy atom. The third-order valence-corrected chi connectivity index (χ3v) is 2.85. The SMILES string of the molecule is CC(C)(O)C(C)(C)Oc1ccccc1C#N. The second-order valence-corrected chi connectivity index (χ2v) is 4.78. The van der Waals surface area contributed by atoms with Gasteiger partial charge in [0.25, 0.3) is 0 Å². The van der Waals surface area contributed by atoms with Gasteiger partial charge in [-0.2, -0.15) is 5.26 Å². The van der Waals surface area contributed by atoms with E-state index in [9.17, 15) is 5.11 Å². The van der Waals surface area contributed by atoms with E-state index in [1.165, 1.54) is 0 Å². The topological polar surface area (TPSA) is 53.2 Å². The van der Waals surface area contributed by atoms with Crippen LogP contribution in [0, 0.1) is 11.3 Å². The summed E-state index contributed by atoms with van der Waals surface area (Å²) in [6.45, 7) is 6.95. The summed E-state index contributed by atoms with van der Waals surface area (Å²) in [7, 11) is 0. The van der Waals surface area contributed by atoms with E-state index in [0.29, 0.717) is 11.3 Å². The van der Waals surface area contributed by atoms with Gasteiger partial charge in [-0.25, -0.2) is 0 Å². The minimum atomic E-state index is -0.991. The average Bonchev–Trinajstić information content (AvgIpc) is 2.16. The van der Waals surface area contributed by atoms with E-state index in [-0.39, 0.29) is 0 Å². The van der Waals surface area contributed by atoms with Crippen molar-refractivity contribution in [3.63, 3.8) is 0 Å². The van der Waals surface area contributed by atoms with Gasteiger partial charge in [0.1, 0.15) is 17.4 Å². The van der Waals surface area contributed by atoms with Crippen LogP contribution in [-0.4, -0.2) is 16.3 Å². The van der Waals surface area contributed by atoms with E-state index in [4.69, 9.17) is 10.00 Å². The van der Waals surface area contributed by atoms with E-state index in [0.717, 1.165) is 0 Å². The van der Waals surface area contributed by atoms with Crippen molar-refractivity contribution in [3.05, 3.63) is 29.8 Å². The molecule has 0 radical (unpaired) electrons. The Labute approximate surface area is 96.3 Å². The lowest BCUT2D eigenvalue weighted by atomic mass is 9.89. The fourth-order valence-electron chi connectivity index (χ4n) is 1.05. The van der Waals surface area contributed by atoms with Crippen LogP contribution in [0.15, 0.2) is 24.3 Å². The van der Waals surface area contributed by atoms with Crippen LogP contribution < -0.4 is 4.74 Å². The van der Waals surface area contributed by atoms with Crippen LogP contribution >= 0.6 is 0 Å². The van der Waals surface area contributed by atoms with Gasteiger partial charge in [-0.3, -0.25) is 0 Å². The first-order valence-corrected chi connectivity index (χ1v) is 5.18. The molecule has 3 heteroatoms. The van der Waals surface area contributed by atoms with Gasteiger partial charge in [0.15, 0.2) is 0 Å². The van der Waals surface area contributed by atoms with E-state index in [1.807, 2.05) is 0 Å². The third-order valence-electron chi connectivity index (χ3n) is 2.85. The maximum absolute atomic E-state index is 9.96. The van der Waals surface area contributed by atoms with Crippen molar-refractivity contribution in [2.24, 2.45) is 0 Å². The summed E-state index contributed by atoms with van der Waals surface area (Å²) in [6.07, 6.45) is 0. The molecule has 0 aliphatic rings. The van der Waals surface area contributed by atoms with Crippen LogP contribution in [0.2, 0.25) is 0 Å². The molecule has 16 heavy (non-hydrogen) atoms. The number of para-hydroxylation sites is 1. The van der Waals surface area contributed by atoms with E-state index < -0.39 is 11.2 Å².